The van der Waals surface area contributed by atoms with Gasteiger partial charge in [-0.05, 0) is 24.6 Å². The highest BCUT2D eigenvalue weighted by Gasteiger charge is 2.15. The van der Waals surface area contributed by atoms with Crippen LogP contribution in [0.25, 0.3) is 0 Å². The van der Waals surface area contributed by atoms with Gasteiger partial charge in [0.15, 0.2) is 0 Å². The van der Waals surface area contributed by atoms with E-state index in [0.717, 1.165) is 29.9 Å². The molecule has 1 aliphatic heterocycles. The van der Waals surface area contributed by atoms with Crippen LogP contribution in [0.1, 0.15) is 12.0 Å². The van der Waals surface area contributed by atoms with Gasteiger partial charge in [-0.3, -0.25) is 5.01 Å². The van der Waals surface area contributed by atoms with Crippen LogP contribution in [-0.4, -0.2) is 12.4 Å². The molecule has 0 radical (unpaired) electrons. The Morgan fingerprint density at radius 2 is 2.14 bits per heavy atom. The molecule has 14 heavy (non-hydrogen) atoms. The zero-order valence-electron chi connectivity index (χ0n) is 8.20. The molecule has 1 aliphatic rings. The zero-order chi connectivity index (χ0) is 10.1. The van der Waals surface area contributed by atoms with Crippen LogP contribution in [0.5, 0.6) is 0 Å². The first-order valence-electron chi connectivity index (χ1n) is 4.63. The summed E-state index contributed by atoms with van der Waals surface area (Å²) in [7, 11) is 0. The number of nitrogens with zero attached hydrogens (tertiary/aromatic N) is 2. The van der Waals surface area contributed by atoms with E-state index >= 15 is 0 Å². The van der Waals surface area contributed by atoms with Gasteiger partial charge in [-0.25, -0.2) is 0 Å². The van der Waals surface area contributed by atoms with Crippen molar-refractivity contribution in [2.24, 2.45) is 10.8 Å². The molecule has 4 heteroatoms. The summed E-state index contributed by atoms with van der Waals surface area (Å²) in [6.07, 6.45) is 0.813. The first-order valence-corrected chi connectivity index (χ1v) is 4.63. The third-order valence-electron chi connectivity index (χ3n) is 2.29. The molecule has 4 N–H and O–H groups in total. The molecule has 4 nitrogen and oxygen atoms in total. The smallest absolute Gasteiger partial charge is 0.122 e. The Bertz CT molecular complexity index is 384. The number of nitrogen functional groups attached to an aromatic ring is 1. The average Bonchev–Trinajstić information content (AvgIpc) is 2.51. The molecular weight excluding hydrogens is 176 g/mol. The number of hydrogen-bond donors (Lipinski definition) is 2. The number of anilines is 2. The fourth-order valence-electron chi connectivity index (χ4n) is 1.56. The minimum atomic E-state index is 0.671. The molecule has 0 aromatic heterocycles. The van der Waals surface area contributed by atoms with Crippen molar-refractivity contribution in [3.05, 3.63) is 23.8 Å². The van der Waals surface area contributed by atoms with Gasteiger partial charge < -0.3 is 11.5 Å². The largest absolute Gasteiger partial charge is 0.397 e. The van der Waals surface area contributed by atoms with E-state index in [0.29, 0.717) is 5.84 Å². The summed E-state index contributed by atoms with van der Waals surface area (Å²) in [5.41, 5.74) is 14.4. The lowest BCUT2D eigenvalue weighted by molar-refractivity contribution is 0.923. The second-order valence-electron chi connectivity index (χ2n) is 3.53. The van der Waals surface area contributed by atoms with Crippen molar-refractivity contribution in [2.45, 2.75) is 13.3 Å². The van der Waals surface area contributed by atoms with Crippen LogP contribution in [-0.2, 0) is 0 Å². The van der Waals surface area contributed by atoms with E-state index in [1.54, 1.807) is 0 Å². The summed E-state index contributed by atoms with van der Waals surface area (Å²) in [5, 5.41) is 6.05. The van der Waals surface area contributed by atoms with Gasteiger partial charge in [-0.1, -0.05) is 6.07 Å². The number of aryl methyl sites for hydroxylation is 1. The second kappa shape index (κ2) is 3.21. The SMILES string of the molecule is Cc1ccc(N2CCC(N)=N2)c(N)c1. The molecule has 0 aliphatic carbocycles. The zero-order valence-corrected chi connectivity index (χ0v) is 8.20. The van der Waals surface area contributed by atoms with Crippen LogP contribution >= 0.6 is 0 Å². The van der Waals surface area contributed by atoms with E-state index < -0.39 is 0 Å². The van der Waals surface area contributed by atoms with Crippen LogP contribution in [0.3, 0.4) is 0 Å². The summed E-state index contributed by atoms with van der Waals surface area (Å²) in [4.78, 5) is 0. The monoisotopic (exact) mass is 190 g/mol. The van der Waals surface area contributed by atoms with Gasteiger partial charge in [-0.15, -0.1) is 0 Å². The normalized spacial score (nSPS) is 15.8. The first-order chi connectivity index (χ1) is 6.66. The van der Waals surface area contributed by atoms with Crippen LogP contribution in [0.15, 0.2) is 23.3 Å². The predicted octanol–water partition coefficient (Wildman–Crippen LogP) is 1.06. The summed E-state index contributed by atoms with van der Waals surface area (Å²) in [6, 6.07) is 5.95. The fraction of sp³-hybridized carbons (Fsp3) is 0.300. The van der Waals surface area contributed by atoms with Crippen LogP contribution in [0, 0.1) is 6.92 Å². The average molecular weight is 190 g/mol. The molecule has 74 valence electrons. The molecule has 0 saturated carbocycles. The van der Waals surface area contributed by atoms with Crippen molar-refractivity contribution in [1.29, 1.82) is 0 Å². The van der Waals surface area contributed by atoms with E-state index in [4.69, 9.17) is 11.5 Å². The molecule has 1 aromatic rings. The highest BCUT2D eigenvalue weighted by Crippen LogP contribution is 2.26. The third kappa shape index (κ3) is 1.51. The van der Waals surface area contributed by atoms with Crippen molar-refractivity contribution >= 4 is 17.2 Å². The molecule has 0 atom stereocenters. The van der Waals surface area contributed by atoms with Gasteiger partial charge in [0, 0.05) is 13.0 Å². The number of hydrazone groups is 1. The summed E-state index contributed by atoms with van der Waals surface area (Å²) >= 11 is 0. The quantitative estimate of drug-likeness (QED) is 0.651. The highest BCUT2D eigenvalue weighted by atomic mass is 15.5. The molecule has 1 heterocycles. The summed E-state index contributed by atoms with van der Waals surface area (Å²) in [6.45, 7) is 2.83. The van der Waals surface area contributed by atoms with Gasteiger partial charge in [0.25, 0.3) is 0 Å². The molecular formula is C10H14N4. The van der Waals surface area contributed by atoms with Crippen molar-refractivity contribution < 1.29 is 0 Å². The van der Waals surface area contributed by atoms with Crippen molar-refractivity contribution in [3.8, 4) is 0 Å². The first kappa shape index (κ1) is 8.87. The Morgan fingerprint density at radius 1 is 1.36 bits per heavy atom. The number of hydrogen-bond acceptors (Lipinski definition) is 4. The van der Waals surface area contributed by atoms with Gasteiger partial charge in [0.1, 0.15) is 5.84 Å². The Morgan fingerprint density at radius 3 is 2.71 bits per heavy atom. The lowest BCUT2D eigenvalue weighted by Crippen LogP contribution is -2.13. The third-order valence-corrected chi connectivity index (χ3v) is 2.29. The maximum absolute atomic E-state index is 5.89. The van der Waals surface area contributed by atoms with E-state index in [-0.39, 0.29) is 0 Å². The van der Waals surface area contributed by atoms with E-state index in [1.165, 1.54) is 0 Å². The molecule has 0 amide bonds. The van der Waals surface area contributed by atoms with E-state index in [9.17, 15) is 0 Å². The molecule has 0 bridgehead atoms. The Hall–Kier alpha value is -1.71. The topological polar surface area (TPSA) is 67.6 Å². The van der Waals surface area contributed by atoms with Crippen molar-refractivity contribution in [2.75, 3.05) is 17.3 Å². The van der Waals surface area contributed by atoms with Gasteiger partial charge in [0.2, 0.25) is 0 Å². The molecule has 1 aromatic carbocycles. The minimum absolute atomic E-state index is 0.671. The minimum Gasteiger partial charge on any atom is -0.397 e. The number of amidine groups is 1. The summed E-state index contributed by atoms with van der Waals surface area (Å²) in [5.74, 6) is 0.671. The van der Waals surface area contributed by atoms with Crippen LogP contribution in [0.4, 0.5) is 11.4 Å². The highest BCUT2D eigenvalue weighted by molar-refractivity contribution is 5.85. The molecule has 2 rings (SSSR count). The number of nitrogens with two attached hydrogens (primary N) is 2. The van der Waals surface area contributed by atoms with Crippen LogP contribution in [0.2, 0.25) is 0 Å². The van der Waals surface area contributed by atoms with E-state index in [2.05, 4.69) is 5.10 Å². The molecule has 0 saturated heterocycles. The molecule has 0 unspecified atom stereocenters. The molecule has 0 spiro atoms. The second-order valence-corrected chi connectivity index (χ2v) is 3.53. The number of rotatable bonds is 1. The van der Waals surface area contributed by atoms with Crippen LogP contribution < -0.4 is 16.5 Å². The maximum atomic E-state index is 5.89. The molecule has 0 fully saturated rings. The lowest BCUT2D eigenvalue weighted by Gasteiger charge is -2.15. The van der Waals surface area contributed by atoms with Gasteiger partial charge >= 0.3 is 0 Å². The maximum Gasteiger partial charge on any atom is 0.122 e. The standard InChI is InChI=1S/C10H14N4/c1-7-2-3-9(8(11)6-7)14-5-4-10(12)13-14/h2-3,6H,4-5,11H2,1H3,(H2,12,13). The Balaban J connectivity index is 2.33. The van der Waals surface area contributed by atoms with Gasteiger partial charge in [-0.2, -0.15) is 5.10 Å². The van der Waals surface area contributed by atoms with Gasteiger partial charge in [0.05, 0.1) is 11.4 Å². The van der Waals surface area contributed by atoms with E-state index in [1.807, 2.05) is 30.1 Å². The Labute approximate surface area is 83.2 Å². The van der Waals surface area contributed by atoms with Crippen molar-refractivity contribution in [1.82, 2.24) is 0 Å². The van der Waals surface area contributed by atoms with Crippen molar-refractivity contribution in [3.63, 3.8) is 0 Å². The number of benzene rings is 1. The fourth-order valence-corrected chi connectivity index (χ4v) is 1.56. The predicted molar refractivity (Wildman–Crippen MR) is 59.2 cm³/mol. The Kier molecular flexibility index (Phi) is 2.04. The lowest BCUT2D eigenvalue weighted by atomic mass is 10.2. The summed E-state index contributed by atoms with van der Waals surface area (Å²) < 4.78 is 0.